The summed E-state index contributed by atoms with van der Waals surface area (Å²) >= 11 is 0. The minimum absolute atomic E-state index is 0.274. The van der Waals surface area contributed by atoms with Crippen LogP contribution in [0.5, 0.6) is 0 Å². The van der Waals surface area contributed by atoms with Gasteiger partial charge < -0.3 is 5.73 Å². The number of rotatable bonds is 4. The molecule has 1 heterocycles. The molecule has 104 valence electrons. The molecule has 0 amide bonds. The van der Waals surface area contributed by atoms with Gasteiger partial charge in [-0.1, -0.05) is 30.3 Å². The van der Waals surface area contributed by atoms with Gasteiger partial charge in [-0.15, -0.1) is 0 Å². The zero-order chi connectivity index (χ0) is 14.8. The van der Waals surface area contributed by atoms with Gasteiger partial charge in [-0.25, -0.2) is 8.42 Å². The molecule has 2 rings (SSSR count). The summed E-state index contributed by atoms with van der Waals surface area (Å²) in [4.78, 5) is 13.3. The standard InChI is InChI=1S/C12H11N3O4S/c13-10-6-14-7-11(12(10)15(16)17)20(18,19)8-9-4-2-1-3-5-9/h1-7H,8,13H2. The van der Waals surface area contributed by atoms with E-state index in [1.165, 1.54) is 0 Å². The molecule has 8 heteroatoms. The van der Waals surface area contributed by atoms with E-state index >= 15 is 0 Å². The topological polar surface area (TPSA) is 116 Å². The number of nitrogen functional groups attached to an aromatic ring is 1. The lowest BCUT2D eigenvalue weighted by Crippen LogP contribution is -2.10. The van der Waals surface area contributed by atoms with Crippen LogP contribution in [0.2, 0.25) is 0 Å². The van der Waals surface area contributed by atoms with Crippen LogP contribution in [0, 0.1) is 10.1 Å². The van der Waals surface area contributed by atoms with Gasteiger partial charge >= 0.3 is 5.69 Å². The summed E-state index contributed by atoms with van der Waals surface area (Å²) in [7, 11) is -3.90. The van der Waals surface area contributed by atoms with Gasteiger partial charge in [0.15, 0.2) is 14.7 Å². The Morgan fingerprint density at radius 2 is 1.85 bits per heavy atom. The maximum atomic E-state index is 12.3. The second-order valence-corrected chi connectivity index (χ2v) is 6.04. The Bertz CT molecular complexity index is 745. The number of hydrogen-bond donors (Lipinski definition) is 1. The molecular formula is C12H11N3O4S. The average Bonchev–Trinajstić information content (AvgIpc) is 2.38. The summed E-state index contributed by atoms with van der Waals surface area (Å²) in [5.74, 6) is -0.347. The zero-order valence-electron chi connectivity index (χ0n) is 10.3. The number of anilines is 1. The van der Waals surface area contributed by atoms with E-state index in [0.717, 1.165) is 12.4 Å². The van der Waals surface area contributed by atoms with E-state index in [4.69, 9.17) is 5.73 Å². The number of aromatic nitrogens is 1. The van der Waals surface area contributed by atoms with Gasteiger partial charge in [0.2, 0.25) is 0 Å². The third kappa shape index (κ3) is 2.75. The van der Waals surface area contributed by atoms with Crippen molar-refractivity contribution in [1.29, 1.82) is 0 Å². The van der Waals surface area contributed by atoms with Crippen molar-refractivity contribution in [2.24, 2.45) is 0 Å². The van der Waals surface area contributed by atoms with Crippen molar-refractivity contribution in [2.45, 2.75) is 10.6 Å². The highest BCUT2D eigenvalue weighted by Gasteiger charge is 2.28. The number of hydrogen-bond acceptors (Lipinski definition) is 6. The number of sulfone groups is 1. The van der Waals surface area contributed by atoms with Gasteiger partial charge in [0, 0.05) is 0 Å². The lowest BCUT2D eigenvalue weighted by molar-refractivity contribution is -0.386. The summed E-state index contributed by atoms with van der Waals surface area (Å²) in [5, 5.41) is 11.0. The largest absolute Gasteiger partial charge is 0.392 e. The number of benzene rings is 1. The normalized spacial score (nSPS) is 11.2. The Morgan fingerprint density at radius 3 is 2.45 bits per heavy atom. The molecule has 0 unspecified atom stereocenters. The van der Waals surface area contributed by atoms with Crippen LogP contribution >= 0.6 is 0 Å². The molecule has 0 aliphatic heterocycles. The quantitative estimate of drug-likeness (QED) is 0.675. The van der Waals surface area contributed by atoms with Gasteiger partial charge in [0.25, 0.3) is 0 Å². The minimum Gasteiger partial charge on any atom is -0.392 e. The molecule has 0 fully saturated rings. The number of pyridine rings is 1. The highest BCUT2D eigenvalue weighted by Crippen LogP contribution is 2.30. The average molecular weight is 293 g/mol. The summed E-state index contributed by atoms with van der Waals surface area (Å²) < 4.78 is 24.6. The molecule has 0 saturated carbocycles. The predicted molar refractivity (Wildman–Crippen MR) is 72.6 cm³/mol. The van der Waals surface area contributed by atoms with Gasteiger partial charge in [0.1, 0.15) is 5.69 Å². The summed E-state index contributed by atoms with van der Waals surface area (Å²) in [6.45, 7) is 0. The third-order valence-electron chi connectivity index (χ3n) is 2.63. The van der Waals surface area contributed by atoms with Crippen molar-refractivity contribution < 1.29 is 13.3 Å². The Kier molecular flexibility index (Phi) is 3.66. The van der Waals surface area contributed by atoms with E-state index in [2.05, 4.69) is 4.98 Å². The lowest BCUT2D eigenvalue weighted by atomic mass is 10.2. The lowest BCUT2D eigenvalue weighted by Gasteiger charge is -2.06. The molecule has 0 spiro atoms. The van der Waals surface area contributed by atoms with E-state index in [-0.39, 0.29) is 11.4 Å². The second-order valence-electron chi connectivity index (χ2n) is 4.08. The van der Waals surface area contributed by atoms with Crippen LogP contribution in [0.4, 0.5) is 11.4 Å². The molecule has 2 N–H and O–H groups in total. The van der Waals surface area contributed by atoms with Crippen molar-refractivity contribution in [2.75, 3.05) is 5.73 Å². The maximum Gasteiger partial charge on any atom is 0.313 e. The van der Waals surface area contributed by atoms with Gasteiger partial charge in [-0.2, -0.15) is 0 Å². The fourth-order valence-electron chi connectivity index (χ4n) is 1.74. The van der Waals surface area contributed by atoms with Gasteiger partial charge in [-0.05, 0) is 5.56 Å². The fraction of sp³-hybridized carbons (Fsp3) is 0.0833. The smallest absolute Gasteiger partial charge is 0.313 e. The highest BCUT2D eigenvalue weighted by atomic mass is 32.2. The van der Waals surface area contributed by atoms with E-state index < -0.39 is 25.3 Å². The fourth-order valence-corrected chi connectivity index (χ4v) is 3.24. The molecule has 0 radical (unpaired) electrons. The zero-order valence-corrected chi connectivity index (χ0v) is 11.1. The van der Waals surface area contributed by atoms with Gasteiger partial charge in [-0.3, -0.25) is 15.1 Å². The van der Waals surface area contributed by atoms with Crippen LogP contribution in [-0.4, -0.2) is 18.3 Å². The first kappa shape index (κ1) is 13.9. The highest BCUT2D eigenvalue weighted by molar-refractivity contribution is 7.90. The van der Waals surface area contributed by atoms with Gasteiger partial charge in [0.05, 0.1) is 23.1 Å². The SMILES string of the molecule is Nc1cncc(S(=O)(=O)Cc2ccccc2)c1[N+](=O)[O-]. The molecule has 1 aromatic carbocycles. The Labute approximate surface area is 115 Å². The molecule has 0 atom stereocenters. The third-order valence-corrected chi connectivity index (χ3v) is 4.31. The van der Waals surface area contributed by atoms with E-state index in [1.54, 1.807) is 30.3 Å². The van der Waals surface area contributed by atoms with Crippen molar-refractivity contribution >= 4 is 21.2 Å². The van der Waals surface area contributed by atoms with Crippen LogP contribution in [-0.2, 0) is 15.6 Å². The van der Waals surface area contributed by atoms with Crippen LogP contribution in [0.15, 0.2) is 47.6 Å². The second kappa shape index (κ2) is 5.25. The first-order valence-electron chi connectivity index (χ1n) is 5.56. The molecule has 1 aromatic heterocycles. The van der Waals surface area contributed by atoms with Crippen LogP contribution in [0.3, 0.4) is 0 Å². The van der Waals surface area contributed by atoms with Crippen LogP contribution < -0.4 is 5.73 Å². The van der Waals surface area contributed by atoms with Crippen LogP contribution in [0.1, 0.15) is 5.56 Å². The number of nitrogens with zero attached hydrogens (tertiary/aromatic N) is 2. The molecule has 7 nitrogen and oxygen atoms in total. The van der Waals surface area contributed by atoms with Crippen molar-refractivity contribution in [3.05, 3.63) is 58.4 Å². The Balaban J connectivity index is 2.50. The Morgan fingerprint density at radius 1 is 1.20 bits per heavy atom. The monoisotopic (exact) mass is 293 g/mol. The summed E-state index contributed by atoms with van der Waals surface area (Å²) in [5.41, 5.74) is 5.07. The summed E-state index contributed by atoms with van der Waals surface area (Å²) in [6, 6.07) is 8.39. The predicted octanol–water partition coefficient (Wildman–Crippen LogP) is 1.55. The molecule has 20 heavy (non-hydrogen) atoms. The first-order chi connectivity index (χ1) is 9.42. The van der Waals surface area contributed by atoms with E-state index in [1.807, 2.05) is 0 Å². The Hall–Kier alpha value is -2.48. The van der Waals surface area contributed by atoms with Crippen molar-refractivity contribution in [3.63, 3.8) is 0 Å². The first-order valence-corrected chi connectivity index (χ1v) is 7.21. The maximum absolute atomic E-state index is 12.3. The number of nitro groups is 1. The van der Waals surface area contributed by atoms with E-state index in [0.29, 0.717) is 5.56 Å². The number of nitrogens with two attached hydrogens (primary N) is 1. The molecule has 0 aliphatic carbocycles. The molecule has 0 saturated heterocycles. The molecule has 0 bridgehead atoms. The molecule has 0 aliphatic rings. The minimum atomic E-state index is -3.90. The van der Waals surface area contributed by atoms with Crippen LogP contribution in [0.25, 0.3) is 0 Å². The van der Waals surface area contributed by atoms with Crippen molar-refractivity contribution in [3.8, 4) is 0 Å². The van der Waals surface area contributed by atoms with E-state index in [9.17, 15) is 18.5 Å². The molecular weight excluding hydrogens is 282 g/mol. The molecule has 2 aromatic rings. The van der Waals surface area contributed by atoms with Crippen molar-refractivity contribution in [1.82, 2.24) is 4.98 Å². The summed E-state index contributed by atoms with van der Waals surface area (Å²) in [6.07, 6.45) is 2.01.